The minimum absolute atomic E-state index is 0.0119. The summed E-state index contributed by atoms with van der Waals surface area (Å²) in [5, 5.41) is 6.20. The van der Waals surface area contributed by atoms with Crippen molar-refractivity contribution in [1.29, 1.82) is 0 Å². The van der Waals surface area contributed by atoms with E-state index in [4.69, 9.17) is 16.3 Å². The number of fused-ring (bicyclic) bond motifs is 2. The van der Waals surface area contributed by atoms with Gasteiger partial charge in [-0.25, -0.2) is 4.39 Å². The first kappa shape index (κ1) is 20.8. The van der Waals surface area contributed by atoms with E-state index in [0.29, 0.717) is 17.9 Å². The molecular formula is C20H25ClFN3O3S. The number of amides is 2. The van der Waals surface area contributed by atoms with Crippen LogP contribution in [0.1, 0.15) is 32.6 Å². The van der Waals surface area contributed by atoms with Crippen LogP contribution in [-0.2, 0) is 9.59 Å². The molecule has 1 saturated heterocycles. The first-order valence-corrected chi connectivity index (χ1v) is 11.2. The van der Waals surface area contributed by atoms with Gasteiger partial charge < -0.3 is 15.4 Å². The number of benzene rings is 1. The minimum atomic E-state index is -0.582. The molecule has 0 radical (unpaired) electrons. The fourth-order valence-electron chi connectivity index (χ4n) is 4.39. The third kappa shape index (κ3) is 4.81. The number of halogens is 2. The predicted molar refractivity (Wildman–Crippen MR) is 110 cm³/mol. The molecule has 5 rings (SSSR count). The quantitative estimate of drug-likeness (QED) is 0.591. The lowest BCUT2D eigenvalue weighted by Gasteiger charge is -2.51. The molecule has 4 aliphatic rings. The van der Waals surface area contributed by atoms with E-state index in [-0.39, 0.29) is 46.5 Å². The van der Waals surface area contributed by atoms with Gasteiger partial charge in [0.25, 0.3) is 5.91 Å². The number of rotatable bonds is 6. The summed E-state index contributed by atoms with van der Waals surface area (Å²) < 4.78 is 22.1. The number of ether oxygens (including phenoxy) is 1. The summed E-state index contributed by atoms with van der Waals surface area (Å²) in [5.74, 6) is 0.470. The van der Waals surface area contributed by atoms with E-state index in [1.165, 1.54) is 24.1 Å². The first-order valence-electron chi connectivity index (χ1n) is 9.98. The van der Waals surface area contributed by atoms with Crippen molar-refractivity contribution in [3.05, 3.63) is 29.0 Å². The van der Waals surface area contributed by atoms with Crippen molar-refractivity contribution in [1.82, 2.24) is 15.4 Å². The Morgan fingerprint density at radius 3 is 2.59 bits per heavy atom. The molecule has 9 heteroatoms. The van der Waals surface area contributed by atoms with Gasteiger partial charge >= 0.3 is 0 Å². The summed E-state index contributed by atoms with van der Waals surface area (Å²) in [4.78, 5) is 24.9. The Labute approximate surface area is 178 Å². The lowest BCUT2D eigenvalue weighted by atomic mass is 9.60. The maximum absolute atomic E-state index is 13.5. The van der Waals surface area contributed by atoms with E-state index in [1.807, 2.05) is 0 Å². The molecule has 4 atom stereocenters. The third-order valence-electron chi connectivity index (χ3n) is 6.06. The fourth-order valence-corrected chi connectivity index (χ4v) is 5.56. The molecule has 3 aliphatic carbocycles. The number of hydrogen-bond donors (Lipinski definition) is 3. The van der Waals surface area contributed by atoms with Gasteiger partial charge in [0.2, 0.25) is 5.91 Å². The van der Waals surface area contributed by atoms with Crippen LogP contribution in [0.2, 0.25) is 5.02 Å². The summed E-state index contributed by atoms with van der Waals surface area (Å²) in [7, 11) is 0. The van der Waals surface area contributed by atoms with Gasteiger partial charge in [0.05, 0.1) is 10.3 Å². The highest BCUT2D eigenvalue weighted by molar-refractivity contribution is 7.99. The molecule has 158 valence electrons. The van der Waals surface area contributed by atoms with E-state index in [9.17, 15) is 14.0 Å². The molecule has 29 heavy (non-hydrogen) atoms. The van der Waals surface area contributed by atoms with E-state index < -0.39 is 5.82 Å². The van der Waals surface area contributed by atoms with Crippen LogP contribution in [0, 0.1) is 17.7 Å². The van der Waals surface area contributed by atoms with Gasteiger partial charge in [-0.15, -0.1) is 0 Å². The molecule has 3 unspecified atom stereocenters. The van der Waals surface area contributed by atoms with Gasteiger partial charge in [-0.3, -0.25) is 14.3 Å². The molecule has 6 nitrogen and oxygen atoms in total. The van der Waals surface area contributed by atoms with E-state index in [1.54, 1.807) is 0 Å². The Hall–Kier alpha value is -1.51. The van der Waals surface area contributed by atoms with Gasteiger partial charge in [-0.1, -0.05) is 23.5 Å². The van der Waals surface area contributed by atoms with Crippen molar-refractivity contribution in [2.75, 3.05) is 6.61 Å². The van der Waals surface area contributed by atoms with E-state index in [2.05, 4.69) is 22.3 Å². The topological polar surface area (TPSA) is 79.5 Å². The maximum Gasteiger partial charge on any atom is 0.258 e. The molecule has 0 aromatic heterocycles. The molecule has 1 heterocycles. The van der Waals surface area contributed by atoms with Gasteiger partial charge in [0.15, 0.2) is 6.61 Å². The van der Waals surface area contributed by atoms with Gasteiger partial charge in [0, 0.05) is 24.2 Å². The predicted octanol–water partition coefficient (Wildman–Crippen LogP) is 2.66. The molecule has 4 fully saturated rings. The summed E-state index contributed by atoms with van der Waals surface area (Å²) in [6, 6.07) is 4.55. The average molecular weight is 442 g/mol. The largest absolute Gasteiger partial charge is 0.484 e. The summed E-state index contributed by atoms with van der Waals surface area (Å²) >= 11 is 7.14. The zero-order chi connectivity index (χ0) is 20.5. The molecule has 2 bridgehead atoms. The second kappa shape index (κ2) is 8.70. The normalized spacial score (nSPS) is 32.9. The molecule has 3 N–H and O–H groups in total. The molecule has 3 saturated carbocycles. The van der Waals surface area contributed by atoms with Crippen LogP contribution in [-0.4, -0.2) is 41.8 Å². The second-order valence-electron chi connectivity index (χ2n) is 8.24. The summed E-state index contributed by atoms with van der Waals surface area (Å²) in [6.45, 7) is 1.89. The van der Waals surface area contributed by atoms with Gasteiger partial charge in [0.1, 0.15) is 11.6 Å². The fraction of sp³-hybridized carbons (Fsp3) is 0.600. The van der Waals surface area contributed by atoms with E-state index >= 15 is 0 Å². The monoisotopic (exact) mass is 441 g/mol. The van der Waals surface area contributed by atoms with Crippen LogP contribution >= 0.6 is 23.5 Å². The molecular weight excluding hydrogens is 417 g/mol. The Kier molecular flexibility index (Phi) is 6.22. The van der Waals surface area contributed by atoms with Crippen LogP contribution < -0.4 is 20.1 Å². The van der Waals surface area contributed by atoms with Crippen molar-refractivity contribution in [2.45, 2.75) is 56.0 Å². The molecule has 2 amide bonds. The van der Waals surface area contributed by atoms with Crippen LogP contribution in [0.5, 0.6) is 5.75 Å². The van der Waals surface area contributed by atoms with Crippen molar-refractivity contribution in [2.24, 2.45) is 11.8 Å². The smallest absolute Gasteiger partial charge is 0.258 e. The SMILES string of the molecule is CC1CC(C(=O)N[C@@H]2CC(NC(=O)COc3ccc(Cl)c(F)c3)C3CC2C3)SN1. The maximum atomic E-state index is 13.5. The van der Waals surface area contributed by atoms with Crippen molar-refractivity contribution < 1.29 is 18.7 Å². The summed E-state index contributed by atoms with van der Waals surface area (Å²) in [5.41, 5.74) is 0. The van der Waals surface area contributed by atoms with Crippen LogP contribution in [0.3, 0.4) is 0 Å². The molecule has 0 spiro atoms. The minimum Gasteiger partial charge on any atom is -0.484 e. The first-order chi connectivity index (χ1) is 13.9. The standard InChI is InChI=1S/C20H25ClFN3O3S/c1-10-4-18(29-25-10)20(27)24-17-8-16(11-5-12(17)6-11)23-19(26)9-28-13-2-3-14(21)15(22)7-13/h2-3,7,10-12,16-18,25H,4-6,8-9H2,1H3,(H,23,26)(H,24,27)/t10?,11?,12?,16?,17-,18?/m1/s1. The number of hydrogen-bond acceptors (Lipinski definition) is 5. The van der Waals surface area contributed by atoms with Crippen molar-refractivity contribution >= 4 is 35.4 Å². The van der Waals surface area contributed by atoms with Crippen LogP contribution in [0.25, 0.3) is 0 Å². The van der Waals surface area contributed by atoms with Gasteiger partial charge in [-0.05, 0) is 56.6 Å². The van der Waals surface area contributed by atoms with Crippen LogP contribution in [0.15, 0.2) is 18.2 Å². The molecule has 1 aromatic carbocycles. The van der Waals surface area contributed by atoms with Crippen LogP contribution in [0.4, 0.5) is 4.39 Å². The third-order valence-corrected chi connectivity index (χ3v) is 7.60. The lowest BCUT2D eigenvalue weighted by Crippen LogP contribution is -2.60. The lowest BCUT2D eigenvalue weighted by molar-refractivity contribution is -0.126. The summed E-state index contributed by atoms with van der Waals surface area (Å²) in [6.07, 6.45) is 3.61. The average Bonchev–Trinajstić information content (AvgIpc) is 3.08. The highest BCUT2D eigenvalue weighted by atomic mass is 35.5. The van der Waals surface area contributed by atoms with Gasteiger partial charge in [-0.2, -0.15) is 0 Å². The second-order valence-corrected chi connectivity index (χ2v) is 9.69. The number of carbonyl (C=O) groups excluding carboxylic acids is 2. The highest BCUT2D eigenvalue weighted by Crippen LogP contribution is 2.46. The zero-order valence-corrected chi connectivity index (χ0v) is 17.7. The Morgan fingerprint density at radius 2 is 1.93 bits per heavy atom. The number of carbonyl (C=O) groups is 2. The van der Waals surface area contributed by atoms with Crippen molar-refractivity contribution in [3.8, 4) is 5.75 Å². The Balaban J connectivity index is 1.26. The Morgan fingerprint density at radius 1 is 1.21 bits per heavy atom. The molecule has 1 aromatic rings. The molecule has 1 aliphatic heterocycles. The Bertz CT molecular complexity index is 792. The number of nitrogens with one attached hydrogen (secondary N) is 3. The zero-order valence-electron chi connectivity index (χ0n) is 16.1. The highest BCUT2D eigenvalue weighted by Gasteiger charge is 2.47. The van der Waals surface area contributed by atoms with Crippen molar-refractivity contribution in [3.63, 3.8) is 0 Å². The van der Waals surface area contributed by atoms with E-state index in [0.717, 1.165) is 31.7 Å².